The van der Waals surface area contributed by atoms with Crippen LogP contribution < -0.4 is 0 Å². The second kappa shape index (κ2) is 6.14. The number of nitrogens with zero attached hydrogens (tertiary/aromatic N) is 2. The maximum Gasteiger partial charge on any atom is 0.323 e. The lowest BCUT2D eigenvalue weighted by Gasteiger charge is -2.25. The fourth-order valence-electron chi connectivity index (χ4n) is 2.21. The molecule has 0 saturated heterocycles. The highest BCUT2D eigenvalue weighted by Crippen LogP contribution is 2.30. The van der Waals surface area contributed by atoms with Gasteiger partial charge in [-0.25, -0.2) is 0 Å². The van der Waals surface area contributed by atoms with E-state index in [-0.39, 0.29) is 6.42 Å². The molecular weight excluding hydrogens is 331 g/mol. The van der Waals surface area contributed by atoms with Gasteiger partial charge in [-0.3, -0.25) is 9.59 Å². The Labute approximate surface area is 137 Å². The minimum atomic E-state index is -1.24. The van der Waals surface area contributed by atoms with Crippen molar-refractivity contribution in [3.63, 3.8) is 0 Å². The van der Waals surface area contributed by atoms with Gasteiger partial charge in [0, 0.05) is 29.1 Å². The number of halogens is 2. The number of rotatable bonds is 4. The Kier molecular flexibility index (Phi) is 4.63. The van der Waals surface area contributed by atoms with Gasteiger partial charge in [0.05, 0.1) is 5.71 Å². The summed E-state index contributed by atoms with van der Waals surface area (Å²) in [4.78, 5) is 29.4. The van der Waals surface area contributed by atoms with Crippen LogP contribution in [-0.2, 0) is 14.4 Å². The van der Waals surface area contributed by atoms with Crippen molar-refractivity contribution < 1.29 is 19.5 Å². The molecule has 0 spiro atoms. The molecule has 0 fully saturated rings. The molecular formula is C14H14Cl2N2O4. The Balaban J connectivity index is 2.16. The van der Waals surface area contributed by atoms with Crippen molar-refractivity contribution in [2.24, 2.45) is 5.16 Å². The Morgan fingerprint density at radius 2 is 1.95 bits per heavy atom. The molecule has 22 heavy (non-hydrogen) atoms. The van der Waals surface area contributed by atoms with Crippen molar-refractivity contribution in [2.75, 3.05) is 13.6 Å². The first-order valence-electron chi connectivity index (χ1n) is 6.40. The third-order valence-corrected chi connectivity index (χ3v) is 3.67. The molecule has 1 aliphatic heterocycles. The molecule has 1 atom stereocenters. The molecule has 1 aliphatic rings. The lowest BCUT2D eigenvalue weighted by atomic mass is 9.94. The SMILES string of the molecule is CN(CC(=O)O)C(=O)C1(C)CC(c2cc(Cl)cc(Cl)c2)=NO1. The van der Waals surface area contributed by atoms with Gasteiger partial charge in [-0.1, -0.05) is 28.4 Å². The first-order chi connectivity index (χ1) is 10.2. The van der Waals surface area contributed by atoms with Crippen LogP contribution in [-0.4, -0.2) is 46.8 Å². The topological polar surface area (TPSA) is 79.2 Å². The molecule has 6 nitrogen and oxygen atoms in total. The molecule has 1 amide bonds. The zero-order valence-electron chi connectivity index (χ0n) is 12.0. The zero-order chi connectivity index (χ0) is 16.5. The van der Waals surface area contributed by atoms with E-state index in [2.05, 4.69) is 5.16 Å². The number of carboxylic acid groups (broad SMARTS) is 1. The highest BCUT2D eigenvalue weighted by Gasteiger charge is 2.44. The van der Waals surface area contributed by atoms with Crippen LogP contribution in [0.15, 0.2) is 23.4 Å². The minimum Gasteiger partial charge on any atom is -0.480 e. The van der Waals surface area contributed by atoms with Gasteiger partial charge in [-0.15, -0.1) is 0 Å². The van der Waals surface area contributed by atoms with Crippen molar-refractivity contribution >= 4 is 40.8 Å². The van der Waals surface area contributed by atoms with Crippen LogP contribution in [0.3, 0.4) is 0 Å². The summed E-state index contributed by atoms with van der Waals surface area (Å²) < 4.78 is 0. The van der Waals surface area contributed by atoms with E-state index in [0.717, 1.165) is 4.90 Å². The first-order valence-corrected chi connectivity index (χ1v) is 7.16. The fraction of sp³-hybridized carbons (Fsp3) is 0.357. The van der Waals surface area contributed by atoms with Gasteiger partial charge in [0.25, 0.3) is 5.91 Å². The van der Waals surface area contributed by atoms with Gasteiger partial charge < -0.3 is 14.8 Å². The molecule has 0 saturated carbocycles. The molecule has 0 aromatic heterocycles. The van der Waals surface area contributed by atoms with Crippen molar-refractivity contribution in [1.82, 2.24) is 4.90 Å². The molecule has 118 valence electrons. The molecule has 0 aliphatic carbocycles. The molecule has 1 aromatic rings. The number of oxime groups is 1. The van der Waals surface area contributed by atoms with Crippen molar-refractivity contribution in [1.29, 1.82) is 0 Å². The summed E-state index contributed by atoms with van der Waals surface area (Å²) in [5.74, 6) is -1.55. The lowest BCUT2D eigenvalue weighted by Crippen LogP contribution is -2.47. The summed E-state index contributed by atoms with van der Waals surface area (Å²) in [6, 6.07) is 4.94. The quantitative estimate of drug-likeness (QED) is 0.909. The van der Waals surface area contributed by atoms with E-state index < -0.39 is 24.0 Å². The standard InChI is InChI=1S/C14H14Cl2N2O4/c1-14(13(21)18(2)7-12(19)20)6-11(17-22-14)8-3-9(15)5-10(16)4-8/h3-5H,6-7H2,1-2H3,(H,19,20). The van der Waals surface area contributed by atoms with E-state index in [1.165, 1.54) is 7.05 Å². The normalized spacial score (nSPS) is 20.3. The van der Waals surface area contributed by atoms with Gasteiger partial charge >= 0.3 is 5.97 Å². The Bertz CT molecular complexity index is 642. The number of hydrogen-bond donors (Lipinski definition) is 1. The molecule has 0 radical (unpaired) electrons. The van der Waals surface area contributed by atoms with Crippen LogP contribution in [0.5, 0.6) is 0 Å². The van der Waals surface area contributed by atoms with E-state index >= 15 is 0 Å². The summed E-state index contributed by atoms with van der Waals surface area (Å²) in [5.41, 5.74) is -0.0483. The molecule has 1 unspecified atom stereocenters. The zero-order valence-corrected chi connectivity index (χ0v) is 13.5. The number of carbonyl (C=O) groups excluding carboxylic acids is 1. The number of amides is 1. The van der Waals surface area contributed by atoms with Gasteiger partial charge in [0.2, 0.25) is 5.60 Å². The molecule has 1 N–H and O–H groups in total. The summed E-state index contributed by atoms with van der Waals surface area (Å²) in [7, 11) is 1.40. The second-order valence-electron chi connectivity index (χ2n) is 5.25. The van der Waals surface area contributed by atoms with Crippen molar-refractivity contribution in [3.8, 4) is 0 Å². The third kappa shape index (κ3) is 3.51. The molecule has 1 aromatic carbocycles. The Morgan fingerprint density at radius 1 is 1.36 bits per heavy atom. The number of carbonyl (C=O) groups is 2. The highest BCUT2D eigenvalue weighted by molar-refractivity contribution is 6.35. The van der Waals surface area contributed by atoms with Gasteiger partial charge in [-0.05, 0) is 25.1 Å². The summed E-state index contributed by atoms with van der Waals surface area (Å²) in [5, 5.41) is 13.6. The Hall–Kier alpha value is -1.79. The van der Waals surface area contributed by atoms with Crippen LogP contribution in [0.1, 0.15) is 18.9 Å². The molecule has 1 heterocycles. The van der Waals surface area contributed by atoms with Crippen LogP contribution in [0.4, 0.5) is 0 Å². The van der Waals surface area contributed by atoms with E-state index in [1.807, 2.05) is 0 Å². The van der Waals surface area contributed by atoms with E-state index in [4.69, 9.17) is 33.1 Å². The van der Waals surface area contributed by atoms with Gasteiger partial charge in [0.1, 0.15) is 6.54 Å². The number of hydrogen-bond acceptors (Lipinski definition) is 4. The van der Waals surface area contributed by atoms with Gasteiger partial charge in [-0.2, -0.15) is 0 Å². The summed E-state index contributed by atoms with van der Waals surface area (Å²) in [6.07, 6.45) is 0.201. The summed E-state index contributed by atoms with van der Waals surface area (Å²) in [6.45, 7) is 1.16. The van der Waals surface area contributed by atoms with E-state index in [9.17, 15) is 9.59 Å². The van der Waals surface area contributed by atoms with Crippen LogP contribution >= 0.6 is 23.2 Å². The summed E-state index contributed by atoms with van der Waals surface area (Å²) >= 11 is 11.9. The van der Waals surface area contributed by atoms with Crippen LogP contribution in [0.2, 0.25) is 10.0 Å². The van der Waals surface area contributed by atoms with Crippen molar-refractivity contribution in [2.45, 2.75) is 18.9 Å². The molecule has 2 rings (SSSR count). The predicted molar refractivity (Wildman–Crippen MR) is 82.4 cm³/mol. The number of aliphatic carboxylic acids is 1. The van der Waals surface area contributed by atoms with E-state index in [0.29, 0.717) is 21.3 Å². The predicted octanol–water partition coefficient (Wildman–Crippen LogP) is 2.42. The van der Waals surface area contributed by atoms with E-state index in [1.54, 1.807) is 25.1 Å². The maximum atomic E-state index is 12.3. The lowest BCUT2D eigenvalue weighted by molar-refractivity contribution is -0.156. The monoisotopic (exact) mass is 344 g/mol. The molecule has 8 heteroatoms. The van der Waals surface area contributed by atoms with Crippen LogP contribution in [0.25, 0.3) is 0 Å². The fourth-order valence-corrected chi connectivity index (χ4v) is 2.73. The number of benzene rings is 1. The smallest absolute Gasteiger partial charge is 0.323 e. The second-order valence-corrected chi connectivity index (χ2v) is 6.12. The van der Waals surface area contributed by atoms with Gasteiger partial charge in [0.15, 0.2) is 0 Å². The van der Waals surface area contributed by atoms with Crippen molar-refractivity contribution in [3.05, 3.63) is 33.8 Å². The first kappa shape index (κ1) is 16.6. The minimum absolute atomic E-state index is 0.201. The maximum absolute atomic E-state index is 12.3. The average Bonchev–Trinajstić information content (AvgIpc) is 2.80. The average molecular weight is 345 g/mol. The number of likely N-dealkylation sites (N-methyl/N-ethyl adjacent to an activating group) is 1. The molecule has 0 bridgehead atoms. The highest BCUT2D eigenvalue weighted by atomic mass is 35.5. The Morgan fingerprint density at radius 3 is 2.50 bits per heavy atom. The van der Waals surface area contributed by atoms with Crippen LogP contribution in [0, 0.1) is 0 Å². The number of carboxylic acids is 1. The largest absolute Gasteiger partial charge is 0.480 e. The third-order valence-electron chi connectivity index (χ3n) is 3.23.